The number of fused-ring (bicyclic) bond motifs is 1. The van der Waals surface area contributed by atoms with Gasteiger partial charge >= 0.3 is 0 Å². The lowest BCUT2D eigenvalue weighted by atomic mass is 10.1. The maximum Gasteiger partial charge on any atom is 0.160 e. The monoisotopic (exact) mass is 594 g/mol. The molecular weight excluding hydrogens is 572 g/mol. The second-order valence-electron chi connectivity index (χ2n) is 10.3. The Morgan fingerprint density at radius 3 is 1.00 bits per heavy atom. The normalized spacial score (nSPS) is 11.0. The first-order valence-electron chi connectivity index (χ1n) is 14.5. The Bertz CT molecular complexity index is 2130. The summed E-state index contributed by atoms with van der Waals surface area (Å²) in [5, 5.41) is 18.4. The molecule has 0 amide bonds. The third-order valence-electron chi connectivity index (χ3n) is 7.28. The van der Waals surface area contributed by atoms with Gasteiger partial charge in [-0.25, -0.2) is 19.9 Å². The summed E-state index contributed by atoms with van der Waals surface area (Å²) in [6.45, 7) is 0. The molecule has 10 heteroatoms. The first kappa shape index (κ1) is 26.9. The van der Waals surface area contributed by atoms with Crippen LogP contribution in [0.4, 0.5) is 0 Å². The molecular formula is C36H22N10. The van der Waals surface area contributed by atoms with Crippen molar-refractivity contribution in [2.45, 2.75) is 0 Å². The van der Waals surface area contributed by atoms with Gasteiger partial charge in [0.15, 0.2) is 5.65 Å². The lowest BCUT2D eigenvalue weighted by Gasteiger charge is -2.07. The highest BCUT2D eigenvalue weighted by Crippen LogP contribution is 2.26. The van der Waals surface area contributed by atoms with Crippen molar-refractivity contribution < 1.29 is 0 Å². The summed E-state index contributed by atoms with van der Waals surface area (Å²) in [5.41, 5.74) is 9.02. The molecule has 0 aliphatic rings. The smallest absolute Gasteiger partial charge is 0.160 e. The van der Waals surface area contributed by atoms with E-state index in [0.29, 0.717) is 62.6 Å². The molecule has 8 aromatic rings. The van der Waals surface area contributed by atoms with Crippen molar-refractivity contribution in [3.8, 4) is 68.3 Å². The van der Waals surface area contributed by atoms with Gasteiger partial charge in [-0.15, -0.1) is 20.4 Å². The van der Waals surface area contributed by atoms with Crippen LogP contribution in [0.5, 0.6) is 0 Å². The standard InChI is InChI=1S/C36H22N10/c1-3-21-37-24(7-1)32-17-19-34(45-43-32)28-11-5-9-26(39-28)30-15-13-23-14-16-31(42-36(23)41-30)27-10-6-12-29(40-27)35-20-18-33(44-46-35)25-8-2-4-22-38-25/h1-22H. The molecule has 8 heterocycles. The molecule has 8 aromatic heterocycles. The van der Waals surface area contributed by atoms with Crippen LogP contribution in [-0.4, -0.2) is 50.3 Å². The van der Waals surface area contributed by atoms with Crippen molar-refractivity contribution in [2.24, 2.45) is 0 Å². The highest BCUT2D eigenvalue weighted by molar-refractivity contribution is 5.80. The zero-order valence-electron chi connectivity index (χ0n) is 24.2. The Hall–Kier alpha value is -6.68. The summed E-state index contributed by atoms with van der Waals surface area (Å²) >= 11 is 0. The fourth-order valence-corrected chi connectivity index (χ4v) is 4.96. The minimum Gasteiger partial charge on any atom is -0.255 e. The van der Waals surface area contributed by atoms with Crippen molar-refractivity contribution in [2.75, 3.05) is 0 Å². The second-order valence-corrected chi connectivity index (χ2v) is 10.3. The van der Waals surface area contributed by atoms with Crippen LogP contribution in [0.15, 0.2) is 134 Å². The lowest BCUT2D eigenvalue weighted by molar-refractivity contribution is 1.03. The number of pyridine rings is 6. The van der Waals surface area contributed by atoms with E-state index in [1.807, 2.05) is 121 Å². The molecule has 0 atom stereocenters. The summed E-state index contributed by atoms with van der Waals surface area (Å²) in [5.74, 6) is 0. The van der Waals surface area contributed by atoms with E-state index in [-0.39, 0.29) is 0 Å². The summed E-state index contributed by atoms with van der Waals surface area (Å²) in [7, 11) is 0. The van der Waals surface area contributed by atoms with E-state index in [2.05, 4.69) is 30.4 Å². The molecule has 0 saturated carbocycles. The zero-order chi connectivity index (χ0) is 30.7. The molecule has 8 rings (SSSR count). The van der Waals surface area contributed by atoms with Gasteiger partial charge in [0.25, 0.3) is 0 Å². The Balaban J connectivity index is 1.07. The average Bonchev–Trinajstić information content (AvgIpc) is 3.15. The largest absolute Gasteiger partial charge is 0.255 e. The Morgan fingerprint density at radius 1 is 0.261 bits per heavy atom. The summed E-state index contributed by atoms with van der Waals surface area (Å²) in [4.78, 5) is 28.1. The van der Waals surface area contributed by atoms with Gasteiger partial charge < -0.3 is 0 Å². The second kappa shape index (κ2) is 11.8. The summed E-state index contributed by atoms with van der Waals surface area (Å²) < 4.78 is 0. The highest BCUT2D eigenvalue weighted by atomic mass is 15.1. The van der Waals surface area contributed by atoms with Crippen LogP contribution >= 0.6 is 0 Å². The third-order valence-corrected chi connectivity index (χ3v) is 7.28. The van der Waals surface area contributed by atoms with Crippen LogP contribution in [0, 0.1) is 0 Å². The van der Waals surface area contributed by atoms with E-state index in [1.54, 1.807) is 12.4 Å². The zero-order valence-corrected chi connectivity index (χ0v) is 24.2. The summed E-state index contributed by atoms with van der Waals surface area (Å²) in [6, 6.07) is 38.3. The molecule has 0 aliphatic carbocycles. The average molecular weight is 595 g/mol. The molecule has 0 unspecified atom stereocenters. The van der Waals surface area contributed by atoms with Gasteiger partial charge in [0.2, 0.25) is 0 Å². The van der Waals surface area contributed by atoms with Gasteiger partial charge in [-0.3, -0.25) is 9.97 Å². The quantitative estimate of drug-likeness (QED) is 0.203. The maximum atomic E-state index is 4.87. The van der Waals surface area contributed by atoms with Gasteiger partial charge in [-0.05, 0) is 97.1 Å². The fraction of sp³-hybridized carbons (Fsp3) is 0. The fourth-order valence-electron chi connectivity index (χ4n) is 4.96. The van der Waals surface area contributed by atoms with Gasteiger partial charge in [-0.1, -0.05) is 24.3 Å². The van der Waals surface area contributed by atoms with Crippen LogP contribution in [0.25, 0.3) is 79.4 Å². The van der Waals surface area contributed by atoms with Crippen molar-refractivity contribution in [3.63, 3.8) is 0 Å². The molecule has 0 bridgehead atoms. The molecule has 0 spiro atoms. The van der Waals surface area contributed by atoms with Crippen molar-refractivity contribution in [3.05, 3.63) is 134 Å². The predicted molar refractivity (Wildman–Crippen MR) is 175 cm³/mol. The van der Waals surface area contributed by atoms with Crippen LogP contribution in [0.3, 0.4) is 0 Å². The van der Waals surface area contributed by atoms with E-state index in [9.17, 15) is 0 Å². The van der Waals surface area contributed by atoms with E-state index >= 15 is 0 Å². The minimum atomic E-state index is 0.591. The molecule has 46 heavy (non-hydrogen) atoms. The predicted octanol–water partition coefficient (Wildman–Crippen LogP) is 6.79. The van der Waals surface area contributed by atoms with Crippen molar-refractivity contribution in [1.29, 1.82) is 0 Å². The van der Waals surface area contributed by atoms with E-state index in [4.69, 9.17) is 19.9 Å². The van der Waals surface area contributed by atoms with Gasteiger partial charge in [0.05, 0.1) is 45.6 Å². The highest BCUT2D eigenvalue weighted by Gasteiger charge is 2.12. The molecule has 0 aromatic carbocycles. The van der Waals surface area contributed by atoms with Crippen molar-refractivity contribution in [1.82, 2.24) is 50.3 Å². The molecule has 0 N–H and O–H groups in total. The van der Waals surface area contributed by atoms with Gasteiger partial charge in [0.1, 0.15) is 22.8 Å². The van der Waals surface area contributed by atoms with Gasteiger partial charge in [-0.2, -0.15) is 0 Å². The third kappa shape index (κ3) is 5.42. The van der Waals surface area contributed by atoms with Crippen LogP contribution < -0.4 is 0 Å². The van der Waals surface area contributed by atoms with Crippen molar-refractivity contribution >= 4 is 11.0 Å². The van der Waals surface area contributed by atoms with Crippen LogP contribution in [-0.2, 0) is 0 Å². The van der Waals surface area contributed by atoms with Crippen LogP contribution in [0.1, 0.15) is 0 Å². The minimum absolute atomic E-state index is 0.591. The number of hydrogen-bond acceptors (Lipinski definition) is 10. The topological polar surface area (TPSA) is 129 Å². The van der Waals surface area contributed by atoms with E-state index in [0.717, 1.165) is 16.8 Å². The SMILES string of the molecule is c1ccc(-c2ccc(-c3cccc(-c4ccc5ccc(-c6cccc(-c7ccc(-c8ccccn8)nn7)n6)nc5n4)n3)nn2)nc1. The molecule has 216 valence electrons. The first-order valence-corrected chi connectivity index (χ1v) is 14.5. The van der Waals surface area contributed by atoms with Crippen LogP contribution in [0.2, 0.25) is 0 Å². The molecule has 0 fully saturated rings. The first-order chi connectivity index (χ1) is 22.8. The number of aromatic nitrogens is 10. The Kier molecular flexibility index (Phi) is 6.89. The molecule has 0 radical (unpaired) electrons. The maximum absolute atomic E-state index is 4.87. The Morgan fingerprint density at radius 2 is 0.609 bits per heavy atom. The van der Waals surface area contributed by atoms with Gasteiger partial charge in [0, 0.05) is 17.8 Å². The Labute approximate surface area is 263 Å². The number of nitrogens with zero attached hydrogens (tertiary/aromatic N) is 10. The van der Waals surface area contributed by atoms with E-state index < -0.39 is 0 Å². The molecule has 0 aliphatic heterocycles. The molecule has 10 nitrogen and oxygen atoms in total. The number of hydrogen-bond donors (Lipinski definition) is 0. The summed E-state index contributed by atoms with van der Waals surface area (Å²) in [6.07, 6.45) is 3.47. The van der Waals surface area contributed by atoms with E-state index in [1.165, 1.54) is 0 Å². The number of rotatable bonds is 6. The lowest BCUT2D eigenvalue weighted by Crippen LogP contribution is -1.97. The molecule has 0 saturated heterocycles.